The summed E-state index contributed by atoms with van der Waals surface area (Å²) in [4.78, 5) is 35.3. The van der Waals surface area contributed by atoms with E-state index in [-0.39, 0.29) is 11.8 Å². The van der Waals surface area contributed by atoms with Crippen LogP contribution in [0.5, 0.6) is 0 Å². The van der Waals surface area contributed by atoms with Crippen LogP contribution in [-0.4, -0.2) is 69.7 Å². The summed E-state index contributed by atoms with van der Waals surface area (Å²) in [6, 6.07) is 4.04. The lowest BCUT2D eigenvalue weighted by Crippen LogP contribution is -2.46. The normalized spacial score (nSPS) is 19.0. The van der Waals surface area contributed by atoms with Crippen LogP contribution in [0.25, 0.3) is 0 Å². The van der Waals surface area contributed by atoms with Crippen LogP contribution in [0.4, 0.5) is 5.95 Å². The van der Waals surface area contributed by atoms with Crippen LogP contribution >= 0.6 is 0 Å². The molecule has 0 saturated carbocycles. The second-order valence-electron chi connectivity index (χ2n) is 8.98. The zero-order valence-electron chi connectivity index (χ0n) is 19.5. The van der Waals surface area contributed by atoms with Crippen LogP contribution in [0.3, 0.4) is 0 Å². The molecule has 9 nitrogen and oxygen atoms in total. The van der Waals surface area contributed by atoms with Crippen molar-refractivity contribution < 1.29 is 9.63 Å². The number of anilines is 1. The minimum atomic E-state index is 0.103. The maximum absolute atomic E-state index is 13.2. The van der Waals surface area contributed by atoms with Crippen molar-refractivity contribution in [3.63, 3.8) is 0 Å². The van der Waals surface area contributed by atoms with Gasteiger partial charge in [0.1, 0.15) is 12.8 Å². The van der Waals surface area contributed by atoms with Crippen LogP contribution in [-0.2, 0) is 16.2 Å². The summed E-state index contributed by atoms with van der Waals surface area (Å²) >= 11 is 0. The molecule has 2 N–H and O–H groups in total. The Morgan fingerprint density at radius 1 is 1.03 bits per heavy atom. The standard InChI is InChI=1S/C24H33N7O2/c1-17-3-4-21(26-13-17)22(29-33-2)19-7-11-31(12-8-19)23(32)20-5-9-30(10-6-20)16-18-14-27-24(25)28-15-18/h3-4,13-15,19-20H,5-12,16H2,1-2H3,(H2,25,27,28). The van der Waals surface area contributed by atoms with E-state index < -0.39 is 0 Å². The molecule has 176 valence electrons. The molecule has 33 heavy (non-hydrogen) atoms. The number of nitrogens with two attached hydrogens (primary N) is 1. The summed E-state index contributed by atoms with van der Waals surface area (Å²) in [5.74, 6) is 0.935. The van der Waals surface area contributed by atoms with Crippen molar-refractivity contribution in [1.82, 2.24) is 24.8 Å². The van der Waals surface area contributed by atoms with Gasteiger partial charge in [0.25, 0.3) is 0 Å². The smallest absolute Gasteiger partial charge is 0.225 e. The largest absolute Gasteiger partial charge is 0.399 e. The maximum Gasteiger partial charge on any atom is 0.225 e. The van der Waals surface area contributed by atoms with Gasteiger partial charge in [0.2, 0.25) is 11.9 Å². The molecule has 0 spiro atoms. The molecule has 0 unspecified atom stereocenters. The Hall–Kier alpha value is -3.07. The molecule has 0 aliphatic carbocycles. The van der Waals surface area contributed by atoms with E-state index in [0.717, 1.165) is 80.9 Å². The molecule has 2 aliphatic rings. The first kappa shape index (κ1) is 23.1. The van der Waals surface area contributed by atoms with E-state index in [1.807, 2.05) is 30.2 Å². The number of nitrogen functional groups attached to an aromatic ring is 1. The summed E-state index contributed by atoms with van der Waals surface area (Å²) in [7, 11) is 1.57. The Bertz CT molecular complexity index is 946. The first-order valence-corrected chi connectivity index (χ1v) is 11.6. The molecular weight excluding hydrogens is 418 g/mol. The van der Waals surface area contributed by atoms with E-state index in [1.165, 1.54) is 0 Å². The highest BCUT2D eigenvalue weighted by Crippen LogP contribution is 2.26. The average Bonchev–Trinajstić information content (AvgIpc) is 2.85. The van der Waals surface area contributed by atoms with Crippen LogP contribution in [0, 0.1) is 18.8 Å². The monoisotopic (exact) mass is 451 g/mol. The fraction of sp³-hybridized carbons (Fsp3) is 0.542. The SMILES string of the molecule is CON=C(c1ccc(C)cn1)C1CCN(C(=O)C2CCN(Cc3cnc(N)nc3)CC2)CC1. The highest BCUT2D eigenvalue weighted by atomic mass is 16.6. The second-order valence-corrected chi connectivity index (χ2v) is 8.98. The predicted molar refractivity (Wildman–Crippen MR) is 126 cm³/mol. The Labute approximate surface area is 195 Å². The summed E-state index contributed by atoms with van der Waals surface area (Å²) in [5.41, 5.74) is 9.46. The van der Waals surface area contributed by atoms with Gasteiger partial charge in [-0.1, -0.05) is 11.2 Å². The van der Waals surface area contributed by atoms with Crippen LogP contribution in [0.15, 0.2) is 35.9 Å². The van der Waals surface area contributed by atoms with Gasteiger partial charge in [-0.3, -0.25) is 14.7 Å². The Morgan fingerprint density at radius 3 is 2.30 bits per heavy atom. The molecule has 2 fully saturated rings. The molecule has 0 bridgehead atoms. The van der Waals surface area contributed by atoms with Crippen molar-refractivity contribution in [2.75, 3.05) is 39.0 Å². The van der Waals surface area contributed by atoms with E-state index in [9.17, 15) is 4.79 Å². The number of aromatic nitrogens is 3. The summed E-state index contributed by atoms with van der Waals surface area (Å²) in [6.07, 6.45) is 8.93. The number of pyridine rings is 1. The van der Waals surface area contributed by atoms with Crippen molar-refractivity contribution in [1.29, 1.82) is 0 Å². The van der Waals surface area contributed by atoms with Crippen molar-refractivity contribution in [3.8, 4) is 0 Å². The summed E-state index contributed by atoms with van der Waals surface area (Å²) in [5, 5.41) is 4.28. The minimum absolute atomic E-state index is 0.103. The second kappa shape index (κ2) is 10.7. The average molecular weight is 452 g/mol. The van der Waals surface area contributed by atoms with E-state index in [2.05, 4.69) is 25.0 Å². The Kier molecular flexibility index (Phi) is 7.49. The third-order valence-electron chi connectivity index (χ3n) is 6.63. The van der Waals surface area contributed by atoms with Gasteiger partial charge >= 0.3 is 0 Å². The van der Waals surface area contributed by atoms with Crippen molar-refractivity contribution in [2.24, 2.45) is 17.0 Å². The van der Waals surface area contributed by atoms with Crippen molar-refractivity contribution >= 4 is 17.6 Å². The first-order chi connectivity index (χ1) is 16.0. The number of carbonyl (C=O) groups is 1. The summed E-state index contributed by atoms with van der Waals surface area (Å²) in [6.45, 7) is 6.12. The molecule has 2 saturated heterocycles. The fourth-order valence-corrected chi connectivity index (χ4v) is 4.72. The van der Waals surface area contributed by atoms with Gasteiger partial charge in [-0.15, -0.1) is 0 Å². The van der Waals surface area contributed by atoms with Crippen LogP contribution < -0.4 is 5.73 Å². The van der Waals surface area contributed by atoms with E-state index in [4.69, 9.17) is 10.6 Å². The number of nitrogens with zero attached hydrogens (tertiary/aromatic N) is 6. The number of piperidine rings is 2. The van der Waals surface area contributed by atoms with E-state index in [1.54, 1.807) is 19.5 Å². The lowest BCUT2D eigenvalue weighted by Gasteiger charge is -2.37. The molecule has 1 amide bonds. The van der Waals surface area contributed by atoms with Gasteiger partial charge in [-0.2, -0.15) is 0 Å². The van der Waals surface area contributed by atoms with Crippen LogP contribution in [0.1, 0.15) is 42.5 Å². The molecule has 4 rings (SSSR count). The molecule has 2 aromatic rings. The van der Waals surface area contributed by atoms with Gasteiger partial charge in [-0.25, -0.2) is 9.97 Å². The number of likely N-dealkylation sites (tertiary alicyclic amines) is 2. The Morgan fingerprint density at radius 2 is 1.70 bits per heavy atom. The number of hydrogen-bond acceptors (Lipinski definition) is 8. The van der Waals surface area contributed by atoms with Gasteiger partial charge in [0, 0.05) is 55.6 Å². The van der Waals surface area contributed by atoms with Gasteiger partial charge < -0.3 is 15.5 Å². The van der Waals surface area contributed by atoms with Crippen LogP contribution in [0.2, 0.25) is 0 Å². The third kappa shape index (κ3) is 5.84. The van der Waals surface area contributed by atoms with Crippen molar-refractivity contribution in [3.05, 3.63) is 47.5 Å². The lowest BCUT2D eigenvalue weighted by molar-refractivity contribution is -0.138. The molecule has 0 radical (unpaired) electrons. The number of hydrogen-bond donors (Lipinski definition) is 1. The topological polar surface area (TPSA) is 110 Å². The number of aryl methyl sites for hydroxylation is 1. The summed E-state index contributed by atoms with van der Waals surface area (Å²) < 4.78 is 0. The van der Waals surface area contributed by atoms with E-state index >= 15 is 0 Å². The zero-order chi connectivity index (χ0) is 23.2. The molecular formula is C24H33N7O2. The molecule has 2 aromatic heterocycles. The quantitative estimate of drug-likeness (QED) is 0.530. The van der Waals surface area contributed by atoms with E-state index in [0.29, 0.717) is 11.9 Å². The highest BCUT2D eigenvalue weighted by molar-refractivity contribution is 6.00. The Balaban J connectivity index is 1.27. The number of carbonyl (C=O) groups excluding carboxylic acids is 1. The lowest BCUT2D eigenvalue weighted by atomic mass is 9.88. The molecule has 9 heteroatoms. The molecule has 0 atom stereocenters. The maximum atomic E-state index is 13.2. The van der Waals surface area contributed by atoms with Crippen molar-refractivity contribution in [2.45, 2.75) is 39.2 Å². The first-order valence-electron chi connectivity index (χ1n) is 11.6. The minimum Gasteiger partial charge on any atom is -0.399 e. The third-order valence-corrected chi connectivity index (χ3v) is 6.63. The fourth-order valence-electron chi connectivity index (χ4n) is 4.72. The zero-order valence-corrected chi connectivity index (χ0v) is 19.5. The molecule has 0 aromatic carbocycles. The number of rotatable bonds is 6. The van der Waals surface area contributed by atoms with Gasteiger partial charge in [-0.05, 0) is 57.3 Å². The van der Waals surface area contributed by atoms with Gasteiger partial charge in [0.05, 0.1) is 5.69 Å². The molecule has 2 aliphatic heterocycles. The van der Waals surface area contributed by atoms with Gasteiger partial charge in [0.15, 0.2) is 0 Å². The number of oxime groups is 1. The predicted octanol–water partition coefficient (Wildman–Crippen LogP) is 2.26. The highest BCUT2D eigenvalue weighted by Gasteiger charge is 2.32. The molecule has 4 heterocycles. The number of amides is 1.